The number of urea groups is 1. The number of hydrogen-bond acceptors (Lipinski definition) is 7. The maximum Gasteiger partial charge on any atom is 0.322 e. The minimum atomic E-state index is -0.287. The predicted octanol–water partition coefficient (Wildman–Crippen LogP) is 5.75. The number of nitriles is 1. The largest absolute Gasteiger partial charge is 0.370 e. The van der Waals surface area contributed by atoms with Crippen LogP contribution in [0.4, 0.5) is 27.7 Å². The summed E-state index contributed by atoms with van der Waals surface area (Å²) < 4.78 is 0. The third-order valence-corrected chi connectivity index (χ3v) is 9.05. The molecular formula is C36H44N8O2. The molecule has 1 aromatic heterocycles. The summed E-state index contributed by atoms with van der Waals surface area (Å²) in [6, 6.07) is 22.1. The zero-order valence-electron chi connectivity index (χ0n) is 26.8. The number of pyridine rings is 1. The molecule has 3 amide bonds. The van der Waals surface area contributed by atoms with Gasteiger partial charge in [0.1, 0.15) is 11.9 Å². The third-order valence-electron chi connectivity index (χ3n) is 9.05. The summed E-state index contributed by atoms with van der Waals surface area (Å²) in [4.78, 5) is 37.4. The molecule has 3 aromatic rings. The molecule has 46 heavy (non-hydrogen) atoms. The van der Waals surface area contributed by atoms with Crippen LogP contribution in [0.15, 0.2) is 79.5 Å². The number of rotatable bonds is 10. The van der Waals surface area contributed by atoms with Crippen LogP contribution in [-0.4, -0.2) is 67.1 Å². The maximum absolute atomic E-state index is 14.0. The van der Waals surface area contributed by atoms with Gasteiger partial charge in [0.15, 0.2) is 0 Å². The Kier molecular flexibility index (Phi) is 10.9. The molecule has 10 heteroatoms. The van der Waals surface area contributed by atoms with Gasteiger partial charge in [-0.05, 0) is 94.6 Å². The van der Waals surface area contributed by atoms with Crippen LogP contribution in [0.3, 0.4) is 0 Å². The van der Waals surface area contributed by atoms with E-state index >= 15 is 0 Å². The molecule has 240 valence electrons. The Balaban J connectivity index is 1.37. The average molecular weight is 621 g/mol. The molecule has 2 aliphatic rings. The van der Waals surface area contributed by atoms with Crippen molar-refractivity contribution >= 4 is 34.8 Å². The fraction of sp³-hybridized carbons (Fsp3) is 0.389. The highest BCUT2D eigenvalue weighted by molar-refractivity contribution is 6.02. The summed E-state index contributed by atoms with van der Waals surface area (Å²) >= 11 is 0. The minimum Gasteiger partial charge on any atom is -0.370 e. The summed E-state index contributed by atoms with van der Waals surface area (Å²) in [7, 11) is 4.24. The van der Waals surface area contributed by atoms with E-state index < -0.39 is 0 Å². The van der Waals surface area contributed by atoms with Crippen LogP contribution in [0.25, 0.3) is 0 Å². The van der Waals surface area contributed by atoms with Crippen molar-refractivity contribution in [3.05, 3.63) is 90.6 Å². The molecule has 1 saturated heterocycles. The SMILES string of the molecule is C=CC(=O)Nc1cc(N(C(=O)NCc2ccccc2)[C@H]2CC[C@H](Nc3ccc(C#N)cn3)CC2)ccc1N1CCC(N(C)C)CC1. The summed E-state index contributed by atoms with van der Waals surface area (Å²) in [5, 5.41) is 18.7. The molecule has 10 nitrogen and oxygen atoms in total. The van der Waals surface area contributed by atoms with Crippen LogP contribution in [0, 0.1) is 11.3 Å². The normalized spacial score (nSPS) is 18.3. The first-order valence-corrected chi connectivity index (χ1v) is 16.1. The van der Waals surface area contributed by atoms with Crippen LogP contribution in [0.2, 0.25) is 0 Å². The highest BCUT2D eigenvalue weighted by Gasteiger charge is 2.31. The zero-order valence-corrected chi connectivity index (χ0v) is 26.8. The number of nitrogens with zero attached hydrogens (tertiary/aromatic N) is 5. The van der Waals surface area contributed by atoms with Crippen molar-refractivity contribution in [1.29, 1.82) is 5.26 Å². The Hall–Kier alpha value is -4.88. The van der Waals surface area contributed by atoms with Crippen LogP contribution >= 0.6 is 0 Å². The van der Waals surface area contributed by atoms with E-state index in [1.807, 2.05) is 59.5 Å². The van der Waals surface area contributed by atoms with Crippen molar-refractivity contribution in [2.75, 3.05) is 47.6 Å². The molecule has 0 radical (unpaired) electrons. The van der Waals surface area contributed by atoms with Gasteiger partial charge in [-0.2, -0.15) is 5.26 Å². The van der Waals surface area contributed by atoms with Gasteiger partial charge in [0, 0.05) is 49.6 Å². The van der Waals surface area contributed by atoms with Crippen LogP contribution in [0.5, 0.6) is 0 Å². The molecule has 2 aromatic carbocycles. The number of carbonyl (C=O) groups excluding carboxylic acids is 2. The number of carbonyl (C=O) groups is 2. The number of aromatic nitrogens is 1. The monoisotopic (exact) mass is 620 g/mol. The Labute approximate surface area is 272 Å². The first kappa shape index (κ1) is 32.5. The van der Waals surface area contributed by atoms with E-state index in [0.717, 1.165) is 74.4 Å². The molecule has 2 fully saturated rings. The molecule has 1 saturated carbocycles. The Morgan fingerprint density at radius 3 is 2.37 bits per heavy atom. The fourth-order valence-electron chi connectivity index (χ4n) is 6.44. The molecule has 1 aliphatic carbocycles. The minimum absolute atomic E-state index is 0.0348. The quantitative estimate of drug-likeness (QED) is 0.247. The van der Waals surface area contributed by atoms with E-state index in [1.165, 1.54) is 6.08 Å². The van der Waals surface area contributed by atoms with E-state index in [4.69, 9.17) is 5.26 Å². The summed E-state index contributed by atoms with van der Waals surface area (Å²) in [5.74, 6) is 0.456. The summed E-state index contributed by atoms with van der Waals surface area (Å²) in [6.45, 7) is 5.83. The Bertz CT molecular complexity index is 1520. The lowest BCUT2D eigenvalue weighted by molar-refractivity contribution is -0.111. The van der Waals surface area contributed by atoms with E-state index in [9.17, 15) is 9.59 Å². The fourth-order valence-corrected chi connectivity index (χ4v) is 6.44. The molecule has 0 spiro atoms. The van der Waals surface area contributed by atoms with E-state index in [0.29, 0.717) is 23.8 Å². The molecule has 2 heterocycles. The summed E-state index contributed by atoms with van der Waals surface area (Å²) in [5.41, 5.74) is 3.91. The van der Waals surface area contributed by atoms with E-state index in [1.54, 1.807) is 12.3 Å². The highest BCUT2D eigenvalue weighted by atomic mass is 16.2. The first-order chi connectivity index (χ1) is 22.3. The third kappa shape index (κ3) is 8.23. The number of hydrogen-bond donors (Lipinski definition) is 3. The number of piperidine rings is 1. The highest BCUT2D eigenvalue weighted by Crippen LogP contribution is 2.36. The second-order valence-electron chi connectivity index (χ2n) is 12.3. The first-order valence-electron chi connectivity index (χ1n) is 16.1. The van der Waals surface area contributed by atoms with Gasteiger partial charge in [0.25, 0.3) is 0 Å². The Morgan fingerprint density at radius 2 is 1.74 bits per heavy atom. The van der Waals surface area contributed by atoms with E-state index in [-0.39, 0.29) is 24.0 Å². The topological polar surface area (TPSA) is 117 Å². The van der Waals surface area contributed by atoms with Gasteiger partial charge >= 0.3 is 6.03 Å². The second-order valence-corrected chi connectivity index (χ2v) is 12.3. The number of nitrogens with one attached hydrogen (secondary N) is 3. The van der Waals surface area contributed by atoms with Gasteiger partial charge in [0.05, 0.1) is 16.9 Å². The van der Waals surface area contributed by atoms with Crippen molar-refractivity contribution in [1.82, 2.24) is 15.2 Å². The maximum atomic E-state index is 14.0. The molecule has 5 rings (SSSR count). The molecule has 1 aliphatic heterocycles. The average Bonchev–Trinajstić information content (AvgIpc) is 3.09. The van der Waals surface area contributed by atoms with Crippen molar-refractivity contribution in [2.24, 2.45) is 0 Å². The van der Waals surface area contributed by atoms with Gasteiger partial charge in [-0.3, -0.25) is 9.69 Å². The summed E-state index contributed by atoms with van der Waals surface area (Å²) in [6.07, 6.45) is 8.21. The van der Waals surface area contributed by atoms with Crippen LogP contribution < -0.4 is 25.8 Å². The van der Waals surface area contributed by atoms with Gasteiger partial charge in [-0.15, -0.1) is 0 Å². The Morgan fingerprint density at radius 1 is 1.00 bits per heavy atom. The number of benzene rings is 2. The van der Waals surface area contributed by atoms with Gasteiger partial charge in [-0.25, -0.2) is 9.78 Å². The second kappa shape index (κ2) is 15.4. The van der Waals surface area contributed by atoms with E-state index in [2.05, 4.69) is 57.5 Å². The van der Waals surface area contributed by atoms with Crippen molar-refractivity contribution < 1.29 is 9.59 Å². The molecule has 3 N–H and O–H groups in total. The van der Waals surface area contributed by atoms with Crippen molar-refractivity contribution in [3.63, 3.8) is 0 Å². The van der Waals surface area contributed by atoms with Crippen LogP contribution in [0.1, 0.15) is 49.7 Å². The lowest BCUT2D eigenvalue weighted by Gasteiger charge is -2.39. The van der Waals surface area contributed by atoms with Gasteiger partial charge in [0.2, 0.25) is 5.91 Å². The zero-order chi connectivity index (χ0) is 32.5. The molecule has 0 atom stereocenters. The lowest BCUT2D eigenvalue weighted by Crippen LogP contribution is -2.48. The number of amides is 3. The molecule has 0 unspecified atom stereocenters. The predicted molar refractivity (Wildman–Crippen MR) is 184 cm³/mol. The smallest absolute Gasteiger partial charge is 0.322 e. The number of anilines is 4. The van der Waals surface area contributed by atoms with Gasteiger partial charge < -0.3 is 25.8 Å². The van der Waals surface area contributed by atoms with Crippen molar-refractivity contribution in [3.8, 4) is 6.07 Å². The molecule has 0 bridgehead atoms. The van der Waals surface area contributed by atoms with Crippen LogP contribution in [-0.2, 0) is 11.3 Å². The lowest BCUT2D eigenvalue weighted by atomic mass is 9.89. The van der Waals surface area contributed by atoms with Gasteiger partial charge in [-0.1, -0.05) is 36.9 Å². The molecular weight excluding hydrogens is 576 g/mol. The standard InChI is InChI=1S/C36H44N8O2/c1-4-35(45)41-32-22-31(15-16-33(32)43-20-18-29(19-21-43)42(2)3)44(36(46)39-24-26-8-6-5-7-9-26)30-13-11-28(12-14-30)40-34-17-10-27(23-37)25-38-34/h4-10,15-17,22,25,28-30H,1,11-14,18-21,24H2,2-3H3,(H,38,40)(H,39,46)(H,41,45)/t28-,30-. The van der Waals surface area contributed by atoms with Crippen molar-refractivity contribution in [2.45, 2.75) is 63.2 Å².